The summed E-state index contributed by atoms with van der Waals surface area (Å²) in [6, 6.07) is 10.8. The number of benzene rings is 1. The zero-order valence-corrected chi connectivity index (χ0v) is 14.3. The molecule has 0 N–H and O–H groups in total. The molecule has 0 spiro atoms. The lowest BCUT2D eigenvalue weighted by atomic mass is 10.00. The van der Waals surface area contributed by atoms with E-state index in [2.05, 4.69) is 71.8 Å². The Bertz CT molecular complexity index is 388. The standard InChI is InChI=1S/C17H29N3S/c1-18(2)8-9-19-10-12-20(13-11-19)14-17(15-21)16-6-4-3-5-7-16/h3-7,17,21H,8-15H2,1-2H3. The van der Waals surface area contributed by atoms with Crippen LogP contribution in [-0.4, -0.2) is 80.4 Å². The van der Waals surface area contributed by atoms with Crippen LogP contribution in [0.5, 0.6) is 0 Å². The van der Waals surface area contributed by atoms with Gasteiger partial charge in [0, 0.05) is 51.7 Å². The second kappa shape index (κ2) is 8.79. The van der Waals surface area contributed by atoms with E-state index < -0.39 is 0 Å². The van der Waals surface area contributed by atoms with E-state index in [9.17, 15) is 0 Å². The molecule has 1 aliphatic rings. The average molecular weight is 308 g/mol. The normalized spacial score (nSPS) is 19.0. The molecule has 1 unspecified atom stereocenters. The van der Waals surface area contributed by atoms with E-state index in [1.807, 2.05) is 0 Å². The highest BCUT2D eigenvalue weighted by Crippen LogP contribution is 2.19. The minimum absolute atomic E-state index is 0.544. The van der Waals surface area contributed by atoms with E-state index >= 15 is 0 Å². The summed E-state index contributed by atoms with van der Waals surface area (Å²) in [5.41, 5.74) is 1.42. The number of piperazine rings is 1. The predicted octanol–water partition coefficient (Wildman–Crippen LogP) is 1.88. The lowest BCUT2D eigenvalue weighted by molar-refractivity contribution is 0.122. The third kappa shape index (κ3) is 5.62. The maximum atomic E-state index is 4.56. The first-order chi connectivity index (χ1) is 10.2. The van der Waals surface area contributed by atoms with Gasteiger partial charge >= 0.3 is 0 Å². The summed E-state index contributed by atoms with van der Waals surface area (Å²) in [5.74, 6) is 1.47. The Morgan fingerprint density at radius 3 is 2.24 bits per heavy atom. The van der Waals surface area contributed by atoms with Crippen molar-refractivity contribution in [1.82, 2.24) is 14.7 Å². The Hall–Kier alpha value is -0.550. The Labute approximate surface area is 135 Å². The number of nitrogens with zero attached hydrogens (tertiary/aromatic N) is 3. The molecular formula is C17H29N3S. The van der Waals surface area contributed by atoms with Crippen LogP contribution in [0.25, 0.3) is 0 Å². The molecule has 0 amide bonds. The van der Waals surface area contributed by atoms with Gasteiger partial charge in [0.25, 0.3) is 0 Å². The maximum absolute atomic E-state index is 4.56. The first kappa shape index (κ1) is 16.8. The smallest absolute Gasteiger partial charge is 0.0110 e. The van der Waals surface area contributed by atoms with Crippen molar-refractivity contribution in [2.75, 3.05) is 65.7 Å². The molecule has 0 bridgehead atoms. The molecule has 1 heterocycles. The SMILES string of the molecule is CN(C)CCN1CCN(CC(CS)c2ccccc2)CC1. The molecular weight excluding hydrogens is 278 g/mol. The molecule has 3 nitrogen and oxygen atoms in total. The zero-order valence-electron chi connectivity index (χ0n) is 13.4. The van der Waals surface area contributed by atoms with Crippen LogP contribution < -0.4 is 0 Å². The fourth-order valence-electron chi connectivity index (χ4n) is 2.84. The second-order valence-electron chi connectivity index (χ2n) is 6.24. The van der Waals surface area contributed by atoms with E-state index in [0.717, 1.165) is 18.8 Å². The lowest BCUT2D eigenvalue weighted by Gasteiger charge is -2.36. The second-order valence-corrected chi connectivity index (χ2v) is 6.60. The van der Waals surface area contributed by atoms with Crippen molar-refractivity contribution in [3.63, 3.8) is 0 Å². The molecule has 118 valence electrons. The van der Waals surface area contributed by atoms with E-state index in [1.165, 1.54) is 38.3 Å². The van der Waals surface area contributed by atoms with Crippen LogP contribution in [0.2, 0.25) is 0 Å². The third-order valence-electron chi connectivity index (χ3n) is 4.30. The molecule has 1 atom stereocenters. The van der Waals surface area contributed by atoms with Gasteiger partial charge in [-0.25, -0.2) is 0 Å². The highest BCUT2D eigenvalue weighted by Gasteiger charge is 2.20. The van der Waals surface area contributed by atoms with Gasteiger partial charge in [0.05, 0.1) is 0 Å². The number of hydrogen-bond acceptors (Lipinski definition) is 4. The van der Waals surface area contributed by atoms with Crippen molar-refractivity contribution >= 4 is 12.6 Å². The Balaban J connectivity index is 1.77. The van der Waals surface area contributed by atoms with Crippen molar-refractivity contribution in [3.05, 3.63) is 35.9 Å². The van der Waals surface area contributed by atoms with Crippen molar-refractivity contribution in [2.24, 2.45) is 0 Å². The van der Waals surface area contributed by atoms with Gasteiger partial charge in [-0.1, -0.05) is 30.3 Å². The van der Waals surface area contributed by atoms with Crippen LogP contribution in [-0.2, 0) is 0 Å². The summed E-state index contributed by atoms with van der Waals surface area (Å²) >= 11 is 4.56. The largest absolute Gasteiger partial charge is 0.308 e. The number of thiol groups is 1. The minimum atomic E-state index is 0.544. The number of rotatable bonds is 7. The minimum Gasteiger partial charge on any atom is -0.308 e. The average Bonchev–Trinajstić information content (AvgIpc) is 2.52. The van der Waals surface area contributed by atoms with Crippen molar-refractivity contribution in [3.8, 4) is 0 Å². The van der Waals surface area contributed by atoms with Gasteiger partial charge in [-0.05, 0) is 25.4 Å². The van der Waals surface area contributed by atoms with E-state index in [1.54, 1.807) is 0 Å². The summed E-state index contributed by atoms with van der Waals surface area (Å²) in [7, 11) is 4.29. The van der Waals surface area contributed by atoms with Crippen LogP contribution in [0, 0.1) is 0 Å². The van der Waals surface area contributed by atoms with Gasteiger partial charge in [0.2, 0.25) is 0 Å². The molecule has 0 aromatic heterocycles. The van der Waals surface area contributed by atoms with Crippen molar-refractivity contribution < 1.29 is 0 Å². The van der Waals surface area contributed by atoms with Gasteiger partial charge in [0.15, 0.2) is 0 Å². The van der Waals surface area contributed by atoms with Gasteiger partial charge in [-0.2, -0.15) is 12.6 Å². The lowest BCUT2D eigenvalue weighted by Crippen LogP contribution is -2.49. The molecule has 0 aliphatic carbocycles. The first-order valence-corrected chi connectivity index (χ1v) is 8.57. The molecule has 4 heteroatoms. The quantitative estimate of drug-likeness (QED) is 0.771. The molecule has 1 fully saturated rings. The molecule has 1 aliphatic heterocycles. The third-order valence-corrected chi connectivity index (χ3v) is 4.74. The summed E-state index contributed by atoms with van der Waals surface area (Å²) in [6.07, 6.45) is 0. The van der Waals surface area contributed by atoms with E-state index in [0.29, 0.717) is 5.92 Å². The van der Waals surface area contributed by atoms with Crippen LogP contribution in [0.3, 0.4) is 0 Å². The molecule has 1 saturated heterocycles. The van der Waals surface area contributed by atoms with Crippen LogP contribution in [0.1, 0.15) is 11.5 Å². The highest BCUT2D eigenvalue weighted by atomic mass is 32.1. The topological polar surface area (TPSA) is 9.72 Å². The molecule has 21 heavy (non-hydrogen) atoms. The summed E-state index contributed by atoms with van der Waals surface area (Å²) in [6.45, 7) is 8.24. The number of hydrogen-bond donors (Lipinski definition) is 1. The maximum Gasteiger partial charge on any atom is 0.0110 e. The van der Waals surface area contributed by atoms with E-state index in [-0.39, 0.29) is 0 Å². The fraction of sp³-hybridized carbons (Fsp3) is 0.647. The summed E-state index contributed by atoms with van der Waals surface area (Å²) < 4.78 is 0. The van der Waals surface area contributed by atoms with E-state index in [4.69, 9.17) is 0 Å². The molecule has 0 saturated carbocycles. The Kier molecular flexibility index (Phi) is 7.04. The zero-order chi connectivity index (χ0) is 15.1. The summed E-state index contributed by atoms with van der Waals surface area (Å²) in [4.78, 5) is 7.44. The molecule has 1 aromatic rings. The Morgan fingerprint density at radius 1 is 1.05 bits per heavy atom. The monoisotopic (exact) mass is 307 g/mol. The summed E-state index contributed by atoms with van der Waals surface area (Å²) in [5, 5.41) is 0. The van der Waals surface area contributed by atoms with Crippen molar-refractivity contribution in [2.45, 2.75) is 5.92 Å². The van der Waals surface area contributed by atoms with Gasteiger partial charge in [-0.15, -0.1) is 0 Å². The van der Waals surface area contributed by atoms with Crippen LogP contribution >= 0.6 is 12.6 Å². The molecule has 0 radical (unpaired) electrons. The fourth-order valence-corrected chi connectivity index (χ4v) is 3.17. The molecule has 1 aromatic carbocycles. The predicted molar refractivity (Wildman–Crippen MR) is 94.5 cm³/mol. The number of likely N-dealkylation sites (N-methyl/N-ethyl adjacent to an activating group) is 1. The van der Waals surface area contributed by atoms with Crippen molar-refractivity contribution in [1.29, 1.82) is 0 Å². The van der Waals surface area contributed by atoms with Gasteiger partial charge < -0.3 is 9.80 Å². The Morgan fingerprint density at radius 2 is 1.67 bits per heavy atom. The van der Waals surface area contributed by atoms with Gasteiger partial charge in [-0.3, -0.25) is 4.90 Å². The molecule has 2 rings (SSSR count). The van der Waals surface area contributed by atoms with Crippen LogP contribution in [0.4, 0.5) is 0 Å². The van der Waals surface area contributed by atoms with Gasteiger partial charge in [0.1, 0.15) is 0 Å². The van der Waals surface area contributed by atoms with Crippen LogP contribution in [0.15, 0.2) is 30.3 Å². The first-order valence-electron chi connectivity index (χ1n) is 7.94. The highest BCUT2D eigenvalue weighted by molar-refractivity contribution is 7.80.